The zero-order valence-corrected chi connectivity index (χ0v) is 22.0. The van der Waals surface area contributed by atoms with Gasteiger partial charge in [-0.15, -0.1) is 11.3 Å². The van der Waals surface area contributed by atoms with Crippen molar-refractivity contribution in [1.29, 1.82) is 0 Å². The van der Waals surface area contributed by atoms with Gasteiger partial charge in [-0.2, -0.15) is 5.10 Å². The molecule has 0 bridgehead atoms. The van der Waals surface area contributed by atoms with Crippen LogP contribution >= 0.6 is 23.1 Å². The minimum Gasteiger partial charge on any atom is -0.462 e. The molecule has 2 amide bonds. The molecule has 3 heterocycles. The number of thiophene rings is 1. The van der Waals surface area contributed by atoms with Crippen LogP contribution in [0.1, 0.15) is 58.7 Å². The zero-order chi connectivity index (χ0) is 25.1. The lowest BCUT2D eigenvalue weighted by molar-refractivity contribution is -0.122. The Labute approximate surface area is 212 Å². The van der Waals surface area contributed by atoms with E-state index in [-0.39, 0.29) is 24.2 Å². The van der Waals surface area contributed by atoms with E-state index in [2.05, 4.69) is 15.4 Å². The third-order valence-corrected chi connectivity index (χ3v) is 7.99. The van der Waals surface area contributed by atoms with E-state index < -0.39 is 5.97 Å². The molecule has 0 aromatic carbocycles. The first kappa shape index (κ1) is 25.2. The molecule has 0 saturated heterocycles. The molecule has 1 N–H and O–H groups in total. The number of nitrogens with one attached hydrogen (secondary N) is 1. The van der Waals surface area contributed by atoms with E-state index in [0.29, 0.717) is 28.0 Å². The number of hydrogen-bond acceptors (Lipinski definition) is 8. The topological polar surface area (TPSA) is 106 Å². The first-order chi connectivity index (χ1) is 16.8. The third-order valence-electron chi connectivity index (χ3n) is 5.81. The van der Waals surface area contributed by atoms with Crippen LogP contribution in [0.15, 0.2) is 16.9 Å². The largest absolute Gasteiger partial charge is 0.462 e. The van der Waals surface area contributed by atoms with E-state index in [1.165, 1.54) is 23.1 Å². The number of hydrogen-bond donors (Lipinski definition) is 1. The van der Waals surface area contributed by atoms with Crippen molar-refractivity contribution in [3.8, 4) is 0 Å². The number of carbonyl (C=O) groups is 3. The Bertz CT molecular complexity index is 1230. The fourth-order valence-electron chi connectivity index (χ4n) is 4.19. The normalized spacial score (nSPS) is 16.5. The lowest BCUT2D eigenvalue weighted by Crippen LogP contribution is -2.31. The highest BCUT2D eigenvalue weighted by atomic mass is 32.2. The average Bonchev–Trinajstić information content (AvgIpc) is 3.44. The van der Waals surface area contributed by atoms with Crippen molar-refractivity contribution in [3.63, 3.8) is 0 Å². The number of carbonyl (C=O) groups excluding carboxylic acids is 3. The summed E-state index contributed by atoms with van der Waals surface area (Å²) in [6.45, 7) is 6.24. The van der Waals surface area contributed by atoms with Crippen LogP contribution in [0.5, 0.6) is 0 Å². The van der Waals surface area contributed by atoms with Gasteiger partial charge in [-0.3, -0.25) is 19.2 Å². The first-order valence-electron chi connectivity index (χ1n) is 11.7. The average molecular weight is 516 g/mol. The maximum absolute atomic E-state index is 12.9. The minimum atomic E-state index is -0.391. The van der Waals surface area contributed by atoms with Gasteiger partial charge in [0, 0.05) is 30.2 Å². The Morgan fingerprint density at radius 2 is 2.06 bits per heavy atom. The van der Waals surface area contributed by atoms with Gasteiger partial charge in [-0.25, -0.2) is 9.79 Å². The number of rotatable bonds is 7. The number of thioether (sulfide) groups is 1. The highest BCUT2D eigenvalue weighted by molar-refractivity contribution is 8.14. The molecule has 4 rings (SSSR count). The van der Waals surface area contributed by atoms with Gasteiger partial charge in [0.2, 0.25) is 5.91 Å². The van der Waals surface area contributed by atoms with Crippen molar-refractivity contribution in [3.05, 3.63) is 39.2 Å². The molecule has 0 saturated carbocycles. The fraction of sp³-hybridized carbons (Fsp3) is 0.458. The fourth-order valence-corrected chi connectivity index (χ4v) is 6.35. The van der Waals surface area contributed by atoms with Gasteiger partial charge in [0.05, 0.1) is 23.6 Å². The number of anilines is 1. The highest BCUT2D eigenvalue weighted by Gasteiger charge is 2.31. The maximum Gasteiger partial charge on any atom is 0.341 e. The van der Waals surface area contributed by atoms with Gasteiger partial charge in [0.25, 0.3) is 5.91 Å². The molecule has 0 unspecified atom stereocenters. The van der Waals surface area contributed by atoms with Crippen LogP contribution in [0.4, 0.5) is 5.00 Å². The number of aryl methyl sites for hydroxylation is 3. The standard InChI is InChI=1S/C24H29N5O4S2/c1-5-29-22(31)17(11-15-12-28(4)27-14(15)3)25-24(29)34-13-19(30)26-21-20(23(32)33-6-2)16-9-7-8-10-18(16)35-21/h11-12H,5-10,13H2,1-4H3,(H,26,30)/b17-11+. The molecule has 9 nitrogen and oxygen atoms in total. The molecule has 2 aromatic rings. The second-order valence-electron chi connectivity index (χ2n) is 8.29. The van der Waals surface area contributed by atoms with Gasteiger partial charge in [-0.1, -0.05) is 11.8 Å². The van der Waals surface area contributed by atoms with Gasteiger partial charge in [0.15, 0.2) is 5.17 Å². The lowest BCUT2D eigenvalue weighted by Gasteiger charge is -2.15. The lowest BCUT2D eigenvalue weighted by atomic mass is 9.95. The predicted molar refractivity (Wildman–Crippen MR) is 139 cm³/mol. The number of aliphatic imine (C=N–C) groups is 1. The second-order valence-corrected chi connectivity index (χ2v) is 10.3. The Kier molecular flexibility index (Phi) is 7.75. The van der Waals surface area contributed by atoms with E-state index in [4.69, 9.17) is 4.74 Å². The minimum absolute atomic E-state index is 0.0621. The molecule has 11 heteroatoms. The van der Waals surface area contributed by atoms with Crippen molar-refractivity contribution < 1.29 is 19.1 Å². The molecule has 0 fully saturated rings. The van der Waals surface area contributed by atoms with Crippen LogP contribution in [0.2, 0.25) is 0 Å². The van der Waals surface area contributed by atoms with Crippen LogP contribution in [0, 0.1) is 6.92 Å². The van der Waals surface area contributed by atoms with Crippen molar-refractivity contribution >= 4 is 57.1 Å². The van der Waals surface area contributed by atoms with Crippen LogP contribution in [0.3, 0.4) is 0 Å². The Balaban J connectivity index is 1.48. The van der Waals surface area contributed by atoms with Crippen molar-refractivity contribution in [2.24, 2.45) is 12.0 Å². The Morgan fingerprint density at radius 3 is 2.74 bits per heavy atom. The summed E-state index contributed by atoms with van der Waals surface area (Å²) < 4.78 is 6.95. The van der Waals surface area contributed by atoms with E-state index >= 15 is 0 Å². The second kappa shape index (κ2) is 10.8. The van der Waals surface area contributed by atoms with Crippen LogP contribution in [-0.4, -0.2) is 56.5 Å². The molecule has 186 valence electrons. The number of nitrogens with zero attached hydrogens (tertiary/aromatic N) is 4. The number of fused-ring (bicyclic) bond motifs is 1. The predicted octanol–water partition coefficient (Wildman–Crippen LogP) is 3.78. The summed E-state index contributed by atoms with van der Waals surface area (Å²) in [4.78, 5) is 45.5. The van der Waals surface area contributed by atoms with E-state index in [1.54, 1.807) is 22.6 Å². The molecule has 0 atom stereocenters. The summed E-state index contributed by atoms with van der Waals surface area (Å²) >= 11 is 2.66. The van der Waals surface area contributed by atoms with Gasteiger partial charge >= 0.3 is 5.97 Å². The van der Waals surface area contributed by atoms with E-state index in [9.17, 15) is 14.4 Å². The molecule has 2 aliphatic rings. The zero-order valence-electron chi connectivity index (χ0n) is 20.3. The molecule has 35 heavy (non-hydrogen) atoms. The third kappa shape index (κ3) is 5.35. The number of amidine groups is 1. The van der Waals surface area contributed by atoms with Crippen LogP contribution in [-0.2, 0) is 34.2 Å². The van der Waals surface area contributed by atoms with Gasteiger partial charge in [-0.05, 0) is 58.1 Å². The van der Waals surface area contributed by atoms with Gasteiger partial charge < -0.3 is 10.1 Å². The maximum atomic E-state index is 12.9. The quantitative estimate of drug-likeness (QED) is 0.444. The Hall–Kier alpha value is -2.92. The van der Waals surface area contributed by atoms with Crippen molar-refractivity contribution in [2.45, 2.75) is 46.5 Å². The summed E-state index contributed by atoms with van der Waals surface area (Å²) in [7, 11) is 1.82. The number of esters is 1. The molecule has 1 aliphatic carbocycles. The molecule has 2 aromatic heterocycles. The van der Waals surface area contributed by atoms with Crippen molar-refractivity contribution in [2.75, 3.05) is 24.2 Å². The van der Waals surface area contributed by atoms with E-state index in [1.807, 2.05) is 27.1 Å². The monoisotopic (exact) mass is 515 g/mol. The van der Waals surface area contributed by atoms with Crippen LogP contribution < -0.4 is 5.32 Å². The molecule has 0 spiro atoms. The highest BCUT2D eigenvalue weighted by Crippen LogP contribution is 2.38. The number of ether oxygens (including phenoxy) is 1. The molecular formula is C24H29N5O4S2. The smallest absolute Gasteiger partial charge is 0.341 e. The number of aromatic nitrogens is 2. The molecule has 1 aliphatic heterocycles. The number of amides is 2. The first-order valence-corrected chi connectivity index (χ1v) is 13.5. The number of likely N-dealkylation sites (N-methyl/N-ethyl adjacent to an activating group) is 1. The summed E-state index contributed by atoms with van der Waals surface area (Å²) in [6, 6.07) is 0. The molecule has 0 radical (unpaired) electrons. The summed E-state index contributed by atoms with van der Waals surface area (Å²) in [6.07, 6.45) is 7.39. The Morgan fingerprint density at radius 1 is 1.29 bits per heavy atom. The SMILES string of the molecule is CCOC(=O)c1c(NC(=O)CSC2=N/C(=C/c3cn(C)nc3C)C(=O)N2CC)sc2c1CCCC2. The van der Waals surface area contributed by atoms with E-state index in [0.717, 1.165) is 47.4 Å². The summed E-state index contributed by atoms with van der Waals surface area (Å²) in [5, 5.41) is 8.24. The van der Waals surface area contributed by atoms with Crippen LogP contribution in [0.25, 0.3) is 6.08 Å². The van der Waals surface area contributed by atoms with Crippen molar-refractivity contribution in [1.82, 2.24) is 14.7 Å². The molecular weight excluding hydrogens is 486 g/mol. The summed E-state index contributed by atoms with van der Waals surface area (Å²) in [5.41, 5.74) is 3.45. The van der Waals surface area contributed by atoms with Gasteiger partial charge in [0.1, 0.15) is 10.7 Å². The summed E-state index contributed by atoms with van der Waals surface area (Å²) in [5.74, 6) is -0.787.